The number of hydrogen-bond acceptors (Lipinski definition) is 2. The summed E-state index contributed by atoms with van der Waals surface area (Å²) < 4.78 is 5.19. The van der Waals surface area contributed by atoms with Crippen LogP contribution in [-0.2, 0) is 11.2 Å². The van der Waals surface area contributed by atoms with Gasteiger partial charge in [-0.3, -0.25) is 4.79 Å². The number of carboxylic acid groups (broad SMARTS) is 1. The van der Waals surface area contributed by atoms with E-state index in [1.807, 2.05) is 32.0 Å². The van der Waals surface area contributed by atoms with Crippen LogP contribution in [0.25, 0.3) is 0 Å². The Balaban J connectivity index is 3.25. The smallest absolute Gasteiger partial charge is 0.308 e. The van der Waals surface area contributed by atoms with Crippen LogP contribution in [0.2, 0.25) is 0 Å². The molecule has 1 aromatic carbocycles. The normalized spacial score (nSPS) is 13.4. The second-order valence-electron chi connectivity index (χ2n) is 4.42. The maximum absolute atomic E-state index is 11.3. The minimum absolute atomic E-state index is 0.400. The lowest BCUT2D eigenvalue weighted by Crippen LogP contribution is -2.21. The summed E-state index contributed by atoms with van der Waals surface area (Å²) in [6, 6.07) is 5.63. The zero-order valence-electron chi connectivity index (χ0n) is 11.6. The first-order valence-corrected chi connectivity index (χ1v) is 6.44. The molecule has 0 amide bonds. The topological polar surface area (TPSA) is 46.5 Å². The van der Waals surface area contributed by atoms with Gasteiger partial charge in [0.05, 0.1) is 18.9 Å². The number of aryl methyl sites for hydroxylation is 1. The molecular formula is C16H20O3. The zero-order chi connectivity index (χ0) is 14.4. The van der Waals surface area contributed by atoms with Gasteiger partial charge in [-0.2, -0.15) is 0 Å². The number of carboxylic acids is 1. The van der Waals surface area contributed by atoms with Crippen molar-refractivity contribution in [2.45, 2.75) is 32.6 Å². The van der Waals surface area contributed by atoms with Gasteiger partial charge in [-0.1, -0.05) is 25.8 Å². The monoisotopic (exact) mass is 260 g/mol. The summed E-state index contributed by atoms with van der Waals surface area (Å²) in [5, 5.41) is 9.28. The minimum Gasteiger partial charge on any atom is -0.497 e. The van der Waals surface area contributed by atoms with Crippen LogP contribution in [0.15, 0.2) is 18.2 Å². The van der Waals surface area contributed by atoms with Gasteiger partial charge >= 0.3 is 5.97 Å². The van der Waals surface area contributed by atoms with Crippen molar-refractivity contribution in [3.05, 3.63) is 29.3 Å². The van der Waals surface area contributed by atoms with E-state index in [1.54, 1.807) is 7.11 Å². The Morgan fingerprint density at radius 1 is 1.47 bits per heavy atom. The highest BCUT2D eigenvalue weighted by Gasteiger charge is 2.27. The van der Waals surface area contributed by atoms with Crippen LogP contribution in [0.5, 0.6) is 5.75 Å². The van der Waals surface area contributed by atoms with Crippen LogP contribution < -0.4 is 4.74 Å². The lowest BCUT2D eigenvalue weighted by molar-refractivity contribution is -0.142. The summed E-state index contributed by atoms with van der Waals surface area (Å²) in [5.74, 6) is 1.61. The number of aliphatic carboxylic acids is 1. The summed E-state index contributed by atoms with van der Waals surface area (Å²) in [6.07, 6.45) is 6.87. The summed E-state index contributed by atoms with van der Waals surface area (Å²) in [6.45, 7) is 3.87. The number of benzene rings is 1. The van der Waals surface area contributed by atoms with Crippen molar-refractivity contribution in [2.24, 2.45) is 5.92 Å². The highest BCUT2D eigenvalue weighted by molar-refractivity contribution is 5.72. The quantitative estimate of drug-likeness (QED) is 0.799. The summed E-state index contributed by atoms with van der Waals surface area (Å²) in [5.41, 5.74) is 1.96. The molecule has 1 rings (SSSR count). The van der Waals surface area contributed by atoms with Gasteiger partial charge in [0.1, 0.15) is 5.75 Å². The fourth-order valence-electron chi connectivity index (χ4n) is 2.29. The SMILES string of the molecule is C#C[C@H](c1ccc(OC)cc1CC)[C@H](CC)C(=O)O. The van der Waals surface area contributed by atoms with Gasteiger partial charge in [-0.15, -0.1) is 6.42 Å². The molecule has 0 saturated carbocycles. The van der Waals surface area contributed by atoms with Crippen molar-refractivity contribution in [3.63, 3.8) is 0 Å². The van der Waals surface area contributed by atoms with E-state index >= 15 is 0 Å². The molecule has 2 atom stereocenters. The number of methoxy groups -OCH3 is 1. The molecule has 0 aromatic heterocycles. The Morgan fingerprint density at radius 3 is 2.58 bits per heavy atom. The molecule has 0 aliphatic heterocycles. The molecule has 0 fully saturated rings. The Kier molecular flexibility index (Phi) is 5.44. The lowest BCUT2D eigenvalue weighted by Gasteiger charge is -2.21. The van der Waals surface area contributed by atoms with E-state index in [2.05, 4.69) is 5.92 Å². The van der Waals surface area contributed by atoms with Crippen LogP contribution in [0, 0.1) is 18.3 Å². The van der Waals surface area contributed by atoms with Crippen molar-refractivity contribution in [1.29, 1.82) is 0 Å². The number of hydrogen-bond donors (Lipinski definition) is 1. The van der Waals surface area contributed by atoms with Crippen molar-refractivity contribution in [3.8, 4) is 18.1 Å². The Hall–Kier alpha value is -1.95. The second-order valence-corrected chi connectivity index (χ2v) is 4.42. The molecule has 3 heteroatoms. The molecule has 0 bridgehead atoms. The second kappa shape index (κ2) is 6.84. The average Bonchev–Trinajstić information content (AvgIpc) is 2.43. The standard InChI is InChI=1S/C16H20O3/c1-5-11-10-12(19-4)8-9-15(11)13(6-2)14(7-3)16(17)18/h2,8-10,13-14H,5,7H2,1,3-4H3,(H,17,18)/t13-,14-/m0/s1. The zero-order valence-corrected chi connectivity index (χ0v) is 11.6. The molecule has 3 nitrogen and oxygen atoms in total. The van der Waals surface area contributed by atoms with Gasteiger partial charge in [0.15, 0.2) is 0 Å². The highest BCUT2D eigenvalue weighted by Crippen LogP contribution is 2.31. The van der Waals surface area contributed by atoms with Gasteiger partial charge in [-0.05, 0) is 36.1 Å². The number of carbonyl (C=O) groups is 1. The molecule has 0 unspecified atom stereocenters. The van der Waals surface area contributed by atoms with E-state index in [-0.39, 0.29) is 0 Å². The Labute approximate surface area is 114 Å². The molecule has 0 aliphatic rings. The van der Waals surface area contributed by atoms with Crippen LogP contribution >= 0.6 is 0 Å². The Bertz CT molecular complexity index is 485. The van der Waals surface area contributed by atoms with Gasteiger partial charge in [0.25, 0.3) is 0 Å². The molecule has 1 N–H and O–H groups in total. The maximum atomic E-state index is 11.3. The van der Waals surface area contributed by atoms with Crippen molar-refractivity contribution in [2.75, 3.05) is 7.11 Å². The Morgan fingerprint density at radius 2 is 2.16 bits per heavy atom. The number of rotatable bonds is 6. The van der Waals surface area contributed by atoms with Crippen molar-refractivity contribution < 1.29 is 14.6 Å². The van der Waals surface area contributed by atoms with Gasteiger partial charge in [-0.25, -0.2) is 0 Å². The molecule has 0 aliphatic carbocycles. The summed E-state index contributed by atoms with van der Waals surface area (Å²) >= 11 is 0. The molecule has 0 radical (unpaired) electrons. The fourth-order valence-corrected chi connectivity index (χ4v) is 2.29. The van der Waals surface area contributed by atoms with Crippen LogP contribution in [0.1, 0.15) is 37.3 Å². The molecule has 0 heterocycles. The van der Waals surface area contributed by atoms with E-state index in [4.69, 9.17) is 11.2 Å². The number of terminal acetylenes is 1. The van der Waals surface area contributed by atoms with Gasteiger partial charge in [0, 0.05) is 0 Å². The first-order valence-electron chi connectivity index (χ1n) is 6.44. The van der Waals surface area contributed by atoms with Crippen molar-refractivity contribution in [1.82, 2.24) is 0 Å². The fraction of sp³-hybridized carbons (Fsp3) is 0.438. The molecule has 0 saturated heterocycles. The first kappa shape index (κ1) is 15.1. The molecule has 19 heavy (non-hydrogen) atoms. The number of ether oxygens (including phenoxy) is 1. The largest absolute Gasteiger partial charge is 0.497 e. The van der Waals surface area contributed by atoms with E-state index in [9.17, 15) is 9.90 Å². The average molecular weight is 260 g/mol. The molecular weight excluding hydrogens is 240 g/mol. The van der Waals surface area contributed by atoms with Crippen LogP contribution in [0.4, 0.5) is 0 Å². The van der Waals surface area contributed by atoms with E-state index < -0.39 is 17.8 Å². The predicted molar refractivity (Wildman–Crippen MR) is 75.4 cm³/mol. The summed E-state index contributed by atoms with van der Waals surface area (Å²) in [7, 11) is 1.61. The minimum atomic E-state index is -0.844. The summed E-state index contributed by atoms with van der Waals surface area (Å²) in [4.78, 5) is 11.3. The molecule has 102 valence electrons. The third-order valence-corrected chi connectivity index (χ3v) is 3.41. The first-order chi connectivity index (χ1) is 9.08. The predicted octanol–water partition coefficient (Wildman–Crippen LogP) is 3.09. The van der Waals surface area contributed by atoms with E-state index in [0.29, 0.717) is 6.42 Å². The third-order valence-electron chi connectivity index (χ3n) is 3.41. The highest BCUT2D eigenvalue weighted by atomic mass is 16.5. The molecule has 1 aromatic rings. The van der Waals surface area contributed by atoms with E-state index in [1.165, 1.54) is 0 Å². The van der Waals surface area contributed by atoms with Crippen molar-refractivity contribution >= 4 is 5.97 Å². The van der Waals surface area contributed by atoms with Gasteiger partial charge in [0.2, 0.25) is 0 Å². The van der Waals surface area contributed by atoms with Crippen LogP contribution in [-0.4, -0.2) is 18.2 Å². The third kappa shape index (κ3) is 3.29. The van der Waals surface area contributed by atoms with E-state index in [0.717, 1.165) is 23.3 Å². The lowest BCUT2D eigenvalue weighted by atomic mass is 9.82. The maximum Gasteiger partial charge on any atom is 0.308 e. The van der Waals surface area contributed by atoms with Gasteiger partial charge < -0.3 is 9.84 Å². The van der Waals surface area contributed by atoms with Crippen LogP contribution in [0.3, 0.4) is 0 Å². The molecule has 0 spiro atoms.